The number of rotatable bonds is 0. The number of fused-ring (bicyclic) bond motifs is 1. The first kappa shape index (κ1) is 10.4. The molecule has 0 radical (unpaired) electrons. The van der Waals surface area contributed by atoms with Crippen LogP contribution in [-0.4, -0.2) is 19.6 Å². The molecule has 1 aromatic rings. The van der Waals surface area contributed by atoms with Crippen molar-refractivity contribution in [2.45, 2.75) is 0 Å². The summed E-state index contributed by atoms with van der Waals surface area (Å²) in [6.45, 7) is -0.0526. The van der Waals surface area contributed by atoms with Crippen LogP contribution >= 0.6 is 23.2 Å². The van der Waals surface area contributed by atoms with E-state index in [4.69, 9.17) is 33.7 Å². The molecule has 0 aliphatic carbocycles. The predicted molar refractivity (Wildman–Crippen MR) is 59.8 cm³/mol. The van der Waals surface area contributed by atoms with Gasteiger partial charge in [0, 0.05) is 7.05 Å². The van der Waals surface area contributed by atoms with Gasteiger partial charge in [0.2, 0.25) is 0 Å². The van der Waals surface area contributed by atoms with Crippen LogP contribution in [0.15, 0.2) is 6.07 Å². The summed E-state index contributed by atoms with van der Waals surface area (Å²) in [4.78, 5) is 12.8. The Morgan fingerprint density at radius 1 is 1.53 bits per heavy atom. The molecular formula is C9H8Cl2N2O2. The van der Waals surface area contributed by atoms with Gasteiger partial charge in [-0.3, -0.25) is 4.79 Å². The molecule has 1 aliphatic heterocycles. The molecule has 1 aromatic carbocycles. The number of carbonyl (C=O) groups is 1. The topological polar surface area (TPSA) is 55.6 Å². The summed E-state index contributed by atoms with van der Waals surface area (Å²) < 4.78 is 5.21. The van der Waals surface area contributed by atoms with Gasteiger partial charge in [0.25, 0.3) is 5.91 Å². The average Bonchev–Trinajstić information content (AvgIpc) is 2.18. The molecule has 4 nitrogen and oxygen atoms in total. The van der Waals surface area contributed by atoms with Crippen LogP contribution in [0.1, 0.15) is 0 Å². The Labute approximate surface area is 96.5 Å². The number of nitrogen functional groups attached to an aromatic ring is 1. The number of nitrogens with zero attached hydrogens (tertiary/aromatic N) is 1. The molecule has 1 heterocycles. The maximum Gasteiger partial charge on any atom is 0.264 e. The number of likely N-dealkylation sites (N-methyl/N-ethyl adjacent to an activating group) is 1. The lowest BCUT2D eigenvalue weighted by molar-refractivity contribution is -0.120. The third kappa shape index (κ3) is 1.50. The lowest BCUT2D eigenvalue weighted by Gasteiger charge is -2.27. The van der Waals surface area contributed by atoms with Crippen molar-refractivity contribution in [3.63, 3.8) is 0 Å². The number of nitrogens with two attached hydrogens (primary N) is 1. The third-order valence-electron chi connectivity index (χ3n) is 2.23. The summed E-state index contributed by atoms with van der Waals surface area (Å²) in [7, 11) is 1.61. The van der Waals surface area contributed by atoms with Gasteiger partial charge in [0.1, 0.15) is 10.7 Å². The Kier molecular flexibility index (Phi) is 2.40. The molecule has 15 heavy (non-hydrogen) atoms. The molecular weight excluding hydrogens is 239 g/mol. The maximum atomic E-state index is 11.4. The normalized spacial score (nSPS) is 14.9. The van der Waals surface area contributed by atoms with Crippen molar-refractivity contribution in [3.8, 4) is 5.75 Å². The average molecular weight is 247 g/mol. The molecule has 1 amide bonds. The minimum Gasteiger partial charge on any atom is -0.480 e. The zero-order valence-electron chi connectivity index (χ0n) is 7.88. The Morgan fingerprint density at radius 3 is 2.87 bits per heavy atom. The molecule has 0 unspecified atom stereocenters. The van der Waals surface area contributed by atoms with Gasteiger partial charge in [-0.2, -0.15) is 0 Å². The van der Waals surface area contributed by atoms with Crippen LogP contribution < -0.4 is 15.4 Å². The Bertz CT molecular complexity index is 448. The van der Waals surface area contributed by atoms with Crippen LogP contribution in [0, 0.1) is 0 Å². The highest BCUT2D eigenvalue weighted by Crippen LogP contribution is 2.45. The second-order valence-electron chi connectivity index (χ2n) is 3.18. The van der Waals surface area contributed by atoms with E-state index < -0.39 is 0 Å². The van der Waals surface area contributed by atoms with E-state index in [1.165, 1.54) is 11.0 Å². The molecule has 0 saturated heterocycles. The van der Waals surface area contributed by atoms with Gasteiger partial charge in [0.15, 0.2) is 12.4 Å². The zero-order valence-corrected chi connectivity index (χ0v) is 9.39. The lowest BCUT2D eigenvalue weighted by Crippen LogP contribution is -2.35. The van der Waals surface area contributed by atoms with Crippen LogP contribution in [0.2, 0.25) is 10.0 Å². The third-order valence-corrected chi connectivity index (χ3v) is 2.90. The van der Waals surface area contributed by atoms with E-state index in [1.54, 1.807) is 7.05 Å². The fourth-order valence-electron chi connectivity index (χ4n) is 1.41. The Balaban J connectivity index is 2.69. The zero-order chi connectivity index (χ0) is 11.2. The van der Waals surface area contributed by atoms with E-state index in [0.29, 0.717) is 22.1 Å². The highest BCUT2D eigenvalue weighted by molar-refractivity contribution is 6.39. The SMILES string of the molecule is CN1C(=O)COc2c(Cl)c(N)cc(Cl)c21. The monoisotopic (exact) mass is 246 g/mol. The first-order chi connectivity index (χ1) is 7.02. The fraction of sp³-hybridized carbons (Fsp3) is 0.222. The number of halogens is 2. The molecule has 1 aliphatic rings. The van der Waals surface area contributed by atoms with Crippen molar-refractivity contribution in [2.75, 3.05) is 24.3 Å². The second kappa shape index (κ2) is 3.47. The highest BCUT2D eigenvalue weighted by Gasteiger charge is 2.28. The van der Waals surface area contributed by atoms with Crippen LogP contribution in [0.5, 0.6) is 5.75 Å². The molecule has 0 saturated carbocycles. The summed E-state index contributed by atoms with van der Waals surface area (Å²) in [5, 5.41) is 0.635. The number of hydrogen-bond donors (Lipinski definition) is 1. The number of hydrogen-bond acceptors (Lipinski definition) is 3. The van der Waals surface area contributed by atoms with Gasteiger partial charge in [-0.15, -0.1) is 0 Å². The van der Waals surface area contributed by atoms with E-state index >= 15 is 0 Å². The van der Waals surface area contributed by atoms with Crippen molar-refractivity contribution >= 4 is 40.5 Å². The van der Waals surface area contributed by atoms with Crippen molar-refractivity contribution < 1.29 is 9.53 Å². The van der Waals surface area contributed by atoms with Gasteiger partial charge in [-0.1, -0.05) is 23.2 Å². The van der Waals surface area contributed by atoms with Crippen molar-refractivity contribution in [1.82, 2.24) is 0 Å². The largest absolute Gasteiger partial charge is 0.480 e. The molecule has 0 aromatic heterocycles. The molecule has 80 valence electrons. The van der Waals surface area contributed by atoms with E-state index in [0.717, 1.165) is 0 Å². The lowest BCUT2D eigenvalue weighted by atomic mass is 10.2. The quantitative estimate of drug-likeness (QED) is 0.712. The number of amides is 1. The molecule has 0 atom stereocenters. The van der Waals surface area contributed by atoms with Gasteiger partial charge >= 0.3 is 0 Å². The molecule has 0 fully saturated rings. The Hall–Kier alpha value is -1.13. The van der Waals surface area contributed by atoms with Gasteiger partial charge < -0.3 is 15.4 Å². The maximum absolute atomic E-state index is 11.4. The van der Waals surface area contributed by atoms with E-state index in [2.05, 4.69) is 0 Å². The van der Waals surface area contributed by atoms with Crippen molar-refractivity contribution in [1.29, 1.82) is 0 Å². The van der Waals surface area contributed by atoms with Crippen molar-refractivity contribution in [2.24, 2.45) is 0 Å². The van der Waals surface area contributed by atoms with E-state index in [9.17, 15) is 4.79 Å². The number of carbonyl (C=O) groups excluding carboxylic acids is 1. The van der Waals surface area contributed by atoms with E-state index in [-0.39, 0.29) is 17.5 Å². The standard InChI is InChI=1S/C9H8Cl2N2O2/c1-13-6(14)3-15-9-7(11)5(12)2-4(10)8(9)13/h2H,3,12H2,1H3. The summed E-state index contributed by atoms with van der Waals surface area (Å²) >= 11 is 11.9. The predicted octanol–water partition coefficient (Wildman–Crippen LogP) is 1.93. The van der Waals surface area contributed by atoms with Crippen LogP contribution in [0.4, 0.5) is 11.4 Å². The van der Waals surface area contributed by atoms with E-state index in [1.807, 2.05) is 0 Å². The first-order valence-electron chi connectivity index (χ1n) is 4.19. The molecule has 6 heteroatoms. The van der Waals surface area contributed by atoms with Crippen LogP contribution in [0.3, 0.4) is 0 Å². The second-order valence-corrected chi connectivity index (χ2v) is 3.97. The summed E-state index contributed by atoms with van der Waals surface area (Å²) in [5.41, 5.74) is 6.43. The van der Waals surface area contributed by atoms with Crippen LogP contribution in [0.25, 0.3) is 0 Å². The number of anilines is 2. The fourth-order valence-corrected chi connectivity index (χ4v) is 1.94. The first-order valence-corrected chi connectivity index (χ1v) is 4.94. The summed E-state index contributed by atoms with van der Waals surface area (Å²) in [6.07, 6.45) is 0. The number of ether oxygens (including phenoxy) is 1. The van der Waals surface area contributed by atoms with Gasteiger partial charge in [-0.25, -0.2) is 0 Å². The van der Waals surface area contributed by atoms with Gasteiger partial charge in [0.05, 0.1) is 10.7 Å². The summed E-state index contributed by atoms with van der Waals surface area (Å²) in [5.74, 6) is 0.189. The summed E-state index contributed by atoms with van der Waals surface area (Å²) in [6, 6.07) is 1.50. The Morgan fingerprint density at radius 2 is 2.20 bits per heavy atom. The van der Waals surface area contributed by atoms with Crippen molar-refractivity contribution in [3.05, 3.63) is 16.1 Å². The van der Waals surface area contributed by atoms with Gasteiger partial charge in [-0.05, 0) is 6.07 Å². The minimum absolute atomic E-state index is 0.0526. The smallest absolute Gasteiger partial charge is 0.264 e. The molecule has 2 rings (SSSR count). The molecule has 0 bridgehead atoms. The number of benzene rings is 1. The van der Waals surface area contributed by atoms with Crippen LogP contribution in [-0.2, 0) is 4.79 Å². The molecule has 2 N–H and O–H groups in total. The molecule has 0 spiro atoms. The minimum atomic E-state index is -0.176. The highest BCUT2D eigenvalue weighted by atomic mass is 35.5.